The largest absolute Gasteiger partial charge is 0.469 e. The van der Waals surface area contributed by atoms with E-state index in [2.05, 4.69) is 9.46 Å². The number of carbonyl (C=O) groups excluding carboxylic acids is 1. The maximum absolute atomic E-state index is 12.2. The van der Waals surface area contributed by atoms with Gasteiger partial charge in [-0.15, -0.1) is 0 Å². The van der Waals surface area contributed by atoms with E-state index in [0.29, 0.717) is 12.0 Å². The van der Waals surface area contributed by atoms with Gasteiger partial charge in [-0.3, -0.25) is 4.79 Å². The lowest BCUT2D eigenvalue weighted by Crippen LogP contribution is -2.42. The van der Waals surface area contributed by atoms with Crippen molar-refractivity contribution >= 4 is 16.0 Å². The number of nitrogens with one attached hydrogen (secondary N) is 1. The lowest BCUT2D eigenvalue weighted by atomic mass is 10.0. The summed E-state index contributed by atoms with van der Waals surface area (Å²) in [6, 6.07) is 6.22. The molecule has 0 heterocycles. The van der Waals surface area contributed by atoms with E-state index < -0.39 is 15.6 Å². The van der Waals surface area contributed by atoms with Crippen molar-refractivity contribution in [3.05, 3.63) is 29.8 Å². The quantitative estimate of drug-likeness (QED) is 0.814. The Morgan fingerprint density at radius 1 is 1.25 bits per heavy atom. The molecule has 5 nitrogen and oxygen atoms in total. The maximum atomic E-state index is 12.2. The maximum Gasteiger partial charge on any atom is 0.309 e. The van der Waals surface area contributed by atoms with E-state index >= 15 is 0 Å². The summed E-state index contributed by atoms with van der Waals surface area (Å²) in [5.74, 6) is -0.356. The average molecular weight is 299 g/mol. The van der Waals surface area contributed by atoms with E-state index in [1.54, 1.807) is 12.1 Å². The molecule has 0 aliphatic carbocycles. The Balaban J connectivity index is 2.90. The topological polar surface area (TPSA) is 72.5 Å². The number of sulfonamides is 1. The van der Waals surface area contributed by atoms with Gasteiger partial charge in [0.05, 0.1) is 18.4 Å². The summed E-state index contributed by atoms with van der Waals surface area (Å²) >= 11 is 0. The molecule has 0 aliphatic rings. The molecule has 0 spiro atoms. The van der Waals surface area contributed by atoms with Crippen molar-refractivity contribution < 1.29 is 17.9 Å². The number of benzene rings is 1. The van der Waals surface area contributed by atoms with Crippen LogP contribution in [0.5, 0.6) is 0 Å². The molecule has 0 saturated carbocycles. The molecule has 0 atom stereocenters. The van der Waals surface area contributed by atoms with E-state index in [9.17, 15) is 13.2 Å². The van der Waals surface area contributed by atoms with Crippen LogP contribution in [-0.4, -0.2) is 27.0 Å². The SMILES string of the molecule is CCC(C)(C)NS(=O)(=O)c1ccc(CC(=O)OC)cc1. The number of esters is 1. The van der Waals surface area contributed by atoms with Crippen molar-refractivity contribution in [1.29, 1.82) is 0 Å². The summed E-state index contributed by atoms with van der Waals surface area (Å²) in [5.41, 5.74) is 0.217. The normalized spacial score (nSPS) is 12.2. The highest BCUT2D eigenvalue weighted by Crippen LogP contribution is 2.16. The Bertz CT molecular complexity index is 561. The fourth-order valence-corrected chi connectivity index (χ4v) is 3.00. The van der Waals surface area contributed by atoms with Gasteiger partial charge in [-0.2, -0.15) is 0 Å². The Hall–Kier alpha value is -1.40. The van der Waals surface area contributed by atoms with Gasteiger partial charge in [0.1, 0.15) is 0 Å². The van der Waals surface area contributed by atoms with Crippen LogP contribution in [0, 0.1) is 0 Å². The van der Waals surface area contributed by atoms with Crippen molar-refractivity contribution in [3.63, 3.8) is 0 Å². The Morgan fingerprint density at radius 3 is 2.25 bits per heavy atom. The minimum atomic E-state index is -3.55. The fraction of sp³-hybridized carbons (Fsp3) is 0.500. The van der Waals surface area contributed by atoms with Crippen molar-refractivity contribution in [2.24, 2.45) is 0 Å². The summed E-state index contributed by atoms with van der Waals surface area (Å²) in [4.78, 5) is 11.3. The van der Waals surface area contributed by atoms with Crippen LogP contribution in [0.1, 0.15) is 32.8 Å². The van der Waals surface area contributed by atoms with Gasteiger partial charge in [-0.1, -0.05) is 19.1 Å². The third-order valence-electron chi connectivity index (χ3n) is 3.10. The highest BCUT2D eigenvalue weighted by atomic mass is 32.2. The zero-order valence-corrected chi connectivity index (χ0v) is 13.1. The van der Waals surface area contributed by atoms with Crippen LogP contribution in [0.15, 0.2) is 29.2 Å². The summed E-state index contributed by atoms with van der Waals surface area (Å²) in [6.45, 7) is 5.58. The summed E-state index contributed by atoms with van der Waals surface area (Å²) in [5, 5.41) is 0. The number of hydrogen-bond acceptors (Lipinski definition) is 4. The molecule has 1 aromatic carbocycles. The van der Waals surface area contributed by atoms with Crippen molar-refractivity contribution in [1.82, 2.24) is 4.72 Å². The molecule has 0 radical (unpaired) electrons. The van der Waals surface area contributed by atoms with Gasteiger partial charge in [0.2, 0.25) is 10.0 Å². The minimum Gasteiger partial charge on any atom is -0.469 e. The lowest BCUT2D eigenvalue weighted by Gasteiger charge is -2.24. The van der Waals surface area contributed by atoms with Gasteiger partial charge in [-0.25, -0.2) is 13.1 Å². The van der Waals surface area contributed by atoms with Crippen LogP contribution in [-0.2, 0) is 26.0 Å². The molecule has 0 unspecified atom stereocenters. The second kappa shape index (κ2) is 6.37. The zero-order valence-electron chi connectivity index (χ0n) is 12.3. The standard InChI is InChI=1S/C14H21NO4S/c1-5-14(2,3)15-20(17,18)12-8-6-11(7-9-12)10-13(16)19-4/h6-9,15H,5,10H2,1-4H3. The first-order chi connectivity index (χ1) is 9.20. The smallest absolute Gasteiger partial charge is 0.309 e. The molecule has 0 aromatic heterocycles. The van der Waals surface area contributed by atoms with Crippen LogP contribution >= 0.6 is 0 Å². The molecule has 1 aromatic rings. The third-order valence-corrected chi connectivity index (χ3v) is 4.82. The van der Waals surface area contributed by atoms with Crippen LogP contribution in [0.25, 0.3) is 0 Å². The molecule has 0 fully saturated rings. The molecular weight excluding hydrogens is 278 g/mol. The molecule has 0 bridgehead atoms. The first-order valence-electron chi connectivity index (χ1n) is 6.40. The minimum absolute atomic E-state index is 0.130. The molecule has 6 heteroatoms. The van der Waals surface area contributed by atoms with Gasteiger partial charge < -0.3 is 4.74 Å². The number of hydrogen-bond donors (Lipinski definition) is 1. The second-order valence-corrected chi connectivity index (χ2v) is 6.92. The van der Waals surface area contributed by atoms with E-state index in [4.69, 9.17) is 0 Å². The monoisotopic (exact) mass is 299 g/mol. The summed E-state index contributed by atoms with van der Waals surface area (Å²) in [7, 11) is -2.23. The van der Waals surface area contributed by atoms with Gasteiger partial charge >= 0.3 is 5.97 Å². The van der Waals surface area contributed by atoms with E-state index in [1.807, 2.05) is 20.8 Å². The number of ether oxygens (including phenoxy) is 1. The van der Waals surface area contributed by atoms with Gasteiger partial charge in [0.15, 0.2) is 0 Å². The van der Waals surface area contributed by atoms with Crippen LogP contribution < -0.4 is 4.72 Å². The molecule has 0 saturated heterocycles. The summed E-state index contributed by atoms with van der Waals surface area (Å²) in [6.07, 6.45) is 0.817. The molecule has 0 aliphatic heterocycles. The molecule has 20 heavy (non-hydrogen) atoms. The Kier molecular flexibility index (Phi) is 5.30. The molecule has 0 amide bonds. The molecule has 112 valence electrons. The summed E-state index contributed by atoms with van der Waals surface area (Å²) < 4.78 is 31.6. The molecular formula is C14H21NO4S. The van der Waals surface area contributed by atoms with E-state index in [0.717, 1.165) is 0 Å². The second-order valence-electron chi connectivity index (χ2n) is 5.24. The highest BCUT2D eigenvalue weighted by Gasteiger charge is 2.24. The highest BCUT2D eigenvalue weighted by molar-refractivity contribution is 7.89. The predicted molar refractivity (Wildman–Crippen MR) is 76.9 cm³/mol. The average Bonchev–Trinajstić information content (AvgIpc) is 2.38. The predicted octanol–water partition coefficient (Wildman–Crippen LogP) is 1.87. The van der Waals surface area contributed by atoms with Crippen molar-refractivity contribution in [3.8, 4) is 0 Å². The Morgan fingerprint density at radius 2 is 1.80 bits per heavy atom. The van der Waals surface area contributed by atoms with Crippen molar-refractivity contribution in [2.75, 3.05) is 7.11 Å². The van der Waals surface area contributed by atoms with Crippen molar-refractivity contribution in [2.45, 2.75) is 44.0 Å². The number of carbonyl (C=O) groups is 1. The van der Waals surface area contributed by atoms with Crippen LogP contribution in [0.4, 0.5) is 0 Å². The number of rotatable bonds is 6. The van der Waals surface area contributed by atoms with Crippen LogP contribution in [0.2, 0.25) is 0 Å². The lowest BCUT2D eigenvalue weighted by molar-refractivity contribution is -0.139. The van der Waals surface area contributed by atoms with Crippen LogP contribution in [0.3, 0.4) is 0 Å². The number of methoxy groups -OCH3 is 1. The zero-order chi connectivity index (χ0) is 15.4. The Labute approximate surface area is 120 Å². The molecule has 1 rings (SSSR count). The fourth-order valence-electron chi connectivity index (χ4n) is 1.52. The first-order valence-corrected chi connectivity index (χ1v) is 7.88. The van der Waals surface area contributed by atoms with E-state index in [-0.39, 0.29) is 17.3 Å². The van der Waals surface area contributed by atoms with E-state index in [1.165, 1.54) is 19.2 Å². The third kappa shape index (κ3) is 4.61. The first kappa shape index (κ1) is 16.7. The van der Waals surface area contributed by atoms with Gasteiger partial charge in [-0.05, 0) is 38.0 Å². The molecule has 1 N–H and O–H groups in total. The van der Waals surface area contributed by atoms with Gasteiger partial charge in [0.25, 0.3) is 0 Å². The van der Waals surface area contributed by atoms with Gasteiger partial charge in [0, 0.05) is 5.54 Å².